The summed E-state index contributed by atoms with van der Waals surface area (Å²) in [5.74, 6) is 0.367. The number of phenols is 1. The van der Waals surface area contributed by atoms with E-state index in [9.17, 15) is 5.11 Å². The molecule has 0 aromatic heterocycles. The highest BCUT2D eigenvalue weighted by Crippen LogP contribution is 2.23. The Morgan fingerprint density at radius 1 is 1.39 bits per heavy atom. The van der Waals surface area contributed by atoms with Gasteiger partial charge in [0.15, 0.2) is 0 Å². The summed E-state index contributed by atoms with van der Waals surface area (Å²) in [5.41, 5.74) is 0.960. The molecule has 0 amide bonds. The fourth-order valence-electron chi connectivity index (χ4n) is 2.46. The highest BCUT2D eigenvalue weighted by Gasteiger charge is 2.14. The van der Waals surface area contributed by atoms with E-state index in [4.69, 9.17) is 4.74 Å². The van der Waals surface area contributed by atoms with Gasteiger partial charge in [0.05, 0.1) is 6.10 Å². The molecule has 1 aliphatic rings. The van der Waals surface area contributed by atoms with E-state index in [1.165, 1.54) is 19.3 Å². The van der Waals surface area contributed by atoms with E-state index in [0.717, 1.165) is 25.1 Å². The largest absolute Gasteiger partial charge is 0.508 e. The fourth-order valence-corrected chi connectivity index (χ4v) is 2.46. The highest BCUT2D eigenvalue weighted by molar-refractivity contribution is 5.34. The Labute approximate surface area is 109 Å². The van der Waals surface area contributed by atoms with Crippen LogP contribution in [0.5, 0.6) is 5.75 Å². The molecule has 0 bridgehead atoms. The molecule has 0 spiro atoms. The summed E-state index contributed by atoms with van der Waals surface area (Å²) in [5, 5.41) is 13.2. The predicted molar refractivity (Wildman–Crippen MR) is 72.7 cm³/mol. The van der Waals surface area contributed by atoms with Gasteiger partial charge in [-0.15, -0.1) is 0 Å². The molecule has 2 rings (SSSR count). The third-order valence-electron chi connectivity index (χ3n) is 3.59. The van der Waals surface area contributed by atoms with Gasteiger partial charge in [-0.05, 0) is 45.2 Å². The zero-order valence-corrected chi connectivity index (χ0v) is 11.1. The summed E-state index contributed by atoms with van der Waals surface area (Å²) in [6, 6.07) is 7.68. The van der Waals surface area contributed by atoms with Crippen molar-refractivity contribution in [3.63, 3.8) is 0 Å². The van der Waals surface area contributed by atoms with Crippen LogP contribution in [0.1, 0.15) is 44.2 Å². The lowest BCUT2D eigenvalue weighted by atomic mass is 10.0. The van der Waals surface area contributed by atoms with Crippen molar-refractivity contribution in [3.05, 3.63) is 29.8 Å². The Balaban J connectivity index is 1.74. The first-order chi connectivity index (χ1) is 8.77. The first kappa shape index (κ1) is 13.4. The lowest BCUT2D eigenvalue weighted by Crippen LogP contribution is -2.27. The van der Waals surface area contributed by atoms with Crippen molar-refractivity contribution in [2.75, 3.05) is 13.2 Å². The summed E-state index contributed by atoms with van der Waals surface area (Å²) < 4.78 is 5.70. The number of rotatable bonds is 5. The second-order valence-electron chi connectivity index (χ2n) is 5.01. The molecular formula is C15H23NO2. The molecule has 0 aliphatic carbocycles. The molecule has 2 N–H and O–H groups in total. The number of phenolic OH excluding ortho intramolecular Hbond substituents is 1. The van der Waals surface area contributed by atoms with Gasteiger partial charge in [0.2, 0.25) is 0 Å². The van der Waals surface area contributed by atoms with Gasteiger partial charge in [0.1, 0.15) is 5.75 Å². The average molecular weight is 249 g/mol. The number of para-hydroxylation sites is 1. The molecule has 0 saturated carbocycles. The number of hydrogen-bond donors (Lipinski definition) is 2. The number of benzene rings is 1. The summed E-state index contributed by atoms with van der Waals surface area (Å²) in [6.07, 6.45) is 5.16. The minimum absolute atomic E-state index is 0.176. The van der Waals surface area contributed by atoms with Crippen molar-refractivity contribution < 1.29 is 9.84 Å². The van der Waals surface area contributed by atoms with E-state index in [1.807, 2.05) is 18.2 Å². The molecule has 2 unspecified atom stereocenters. The second-order valence-corrected chi connectivity index (χ2v) is 5.01. The van der Waals surface area contributed by atoms with E-state index < -0.39 is 0 Å². The van der Waals surface area contributed by atoms with E-state index in [0.29, 0.717) is 11.9 Å². The molecule has 1 fully saturated rings. The Kier molecular flexibility index (Phi) is 5.02. The first-order valence-electron chi connectivity index (χ1n) is 6.90. The van der Waals surface area contributed by atoms with Crippen LogP contribution in [-0.4, -0.2) is 24.4 Å². The van der Waals surface area contributed by atoms with E-state index >= 15 is 0 Å². The number of aromatic hydroxyl groups is 1. The predicted octanol–water partition coefficient (Wildman–Crippen LogP) is 3.00. The van der Waals surface area contributed by atoms with E-state index in [-0.39, 0.29) is 6.04 Å². The molecule has 0 radical (unpaired) electrons. The van der Waals surface area contributed by atoms with Crippen LogP contribution in [0.4, 0.5) is 0 Å². The Hall–Kier alpha value is -1.06. The van der Waals surface area contributed by atoms with Crippen LogP contribution in [-0.2, 0) is 4.74 Å². The molecule has 1 aromatic carbocycles. The minimum atomic E-state index is 0.176. The molecule has 3 heteroatoms. The van der Waals surface area contributed by atoms with Gasteiger partial charge >= 0.3 is 0 Å². The summed E-state index contributed by atoms with van der Waals surface area (Å²) in [7, 11) is 0. The van der Waals surface area contributed by atoms with Crippen LogP contribution in [0.3, 0.4) is 0 Å². The number of nitrogens with one attached hydrogen (secondary N) is 1. The number of hydrogen-bond acceptors (Lipinski definition) is 3. The Morgan fingerprint density at radius 3 is 2.94 bits per heavy atom. The number of ether oxygens (including phenoxy) is 1. The van der Waals surface area contributed by atoms with Crippen molar-refractivity contribution in [3.8, 4) is 5.75 Å². The summed E-state index contributed by atoms with van der Waals surface area (Å²) in [4.78, 5) is 0. The molecule has 1 heterocycles. The minimum Gasteiger partial charge on any atom is -0.508 e. The maximum absolute atomic E-state index is 9.76. The van der Waals surface area contributed by atoms with Gasteiger partial charge in [-0.3, -0.25) is 0 Å². The highest BCUT2D eigenvalue weighted by atomic mass is 16.5. The molecule has 3 nitrogen and oxygen atoms in total. The monoisotopic (exact) mass is 249 g/mol. The summed E-state index contributed by atoms with van der Waals surface area (Å²) >= 11 is 0. The third kappa shape index (κ3) is 3.72. The van der Waals surface area contributed by atoms with E-state index in [1.54, 1.807) is 6.07 Å². The molecule has 1 aliphatic heterocycles. The maximum Gasteiger partial charge on any atom is 0.120 e. The third-order valence-corrected chi connectivity index (χ3v) is 3.59. The van der Waals surface area contributed by atoms with Crippen LogP contribution in [0.2, 0.25) is 0 Å². The topological polar surface area (TPSA) is 41.5 Å². The van der Waals surface area contributed by atoms with Crippen LogP contribution in [0.25, 0.3) is 0 Å². The van der Waals surface area contributed by atoms with E-state index in [2.05, 4.69) is 12.2 Å². The smallest absolute Gasteiger partial charge is 0.120 e. The average Bonchev–Trinajstić information content (AvgIpc) is 2.40. The van der Waals surface area contributed by atoms with Gasteiger partial charge in [0, 0.05) is 18.2 Å². The first-order valence-corrected chi connectivity index (χ1v) is 6.90. The van der Waals surface area contributed by atoms with Crippen molar-refractivity contribution in [1.82, 2.24) is 5.32 Å². The van der Waals surface area contributed by atoms with Gasteiger partial charge in [-0.25, -0.2) is 0 Å². The maximum atomic E-state index is 9.76. The standard InChI is InChI=1S/C15H23NO2/c1-12(14-7-2-3-8-15(14)17)16-10-9-13-6-4-5-11-18-13/h2-3,7-8,12-13,16-17H,4-6,9-11H2,1H3. The van der Waals surface area contributed by atoms with Crippen molar-refractivity contribution in [2.45, 2.75) is 44.8 Å². The van der Waals surface area contributed by atoms with Gasteiger partial charge in [0.25, 0.3) is 0 Å². The Morgan fingerprint density at radius 2 is 2.22 bits per heavy atom. The van der Waals surface area contributed by atoms with Crippen LogP contribution < -0.4 is 5.32 Å². The van der Waals surface area contributed by atoms with Crippen molar-refractivity contribution in [2.24, 2.45) is 0 Å². The lowest BCUT2D eigenvalue weighted by molar-refractivity contribution is 0.0112. The summed E-state index contributed by atoms with van der Waals surface area (Å²) in [6.45, 7) is 3.93. The van der Waals surface area contributed by atoms with Crippen LogP contribution in [0.15, 0.2) is 24.3 Å². The Bertz CT molecular complexity index is 361. The van der Waals surface area contributed by atoms with Gasteiger partial charge < -0.3 is 15.2 Å². The van der Waals surface area contributed by atoms with Gasteiger partial charge in [-0.2, -0.15) is 0 Å². The van der Waals surface area contributed by atoms with Gasteiger partial charge in [-0.1, -0.05) is 18.2 Å². The molecule has 100 valence electrons. The molecule has 1 saturated heterocycles. The molecular weight excluding hydrogens is 226 g/mol. The molecule has 18 heavy (non-hydrogen) atoms. The fraction of sp³-hybridized carbons (Fsp3) is 0.600. The van der Waals surface area contributed by atoms with Crippen molar-refractivity contribution >= 4 is 0 Å². The molecule has 1 aromatic rings. The zero-order valence-electron chi connectivity index (χ0n) is 11.1. The second kappa shape index (κ2) is 6.76. The zero-order chi connectivity index (χ0) is 12.8. The van der Waals surface area contributed by atoms with Crippen LogP contribution in [0, 0.1) is 0 Å². The normalized spacial score (nSPS) is 21.7. The quantitative estimate of drug-likeness (QED) is 0.843. The SMILES string of the molecule is CC(NCCC1CCCCO1)c1ccccc1O. The lowest BCUT2D eigenvalue weighted by Gasteiger charge is -2.23. The van der Waals surface area contributed by atoms with Crippen molar-refractivity contribution in [1.29, 1.82) is 0 Å². The van der Waals surface area contributed by atoms with Crippen LogP contribution >= 0.6 is 0 Å². The molecule has 2 atom stereocenters.